The number of methoxy groups -OCH3 is 1. The first-order chi connectivity index (χ1) is 9.99. The number of amides is 1. The quantitative estimate of drug-likeness (QED) is 0.741. The van der Waals surface area contributed by atoms with Crippen molar-refractivity contribution in [3.05, 3.63) is 23.8 Å². The Morgan fingerprint density at radius 2 is 2.33 bits per heavy atom. The van der Waals surface area contributed by atoms with Crippen molar-refractivity contribution in [3.63, 3.8) is 0 Å². The fourth-order valence-electron chi connectivity index (χ4n) is 3.14. The molecule has 4 N–H and O–H groups in total. The summed E-state index contributed by atoms with van der Waals surface area (Å²) in [4.78, 5) is 12.5. The van der Waals surface area contributed by atoms with E-state index in [4.69, 9.17) is 10.5 Å². The van der Waals surface area contributed by atoms with Gasteiger partial charge < -0.3 is 20.9 Å². The molecule has 2 unspecified atom stereocenters. The van der Waals surface area contributed by atoms with Crippen molar-refractivity contribution >= 4 is 11.6 Å². The maximum Gasteiger partial charge on any atom is 0.253 e. The zero-order valence-corrected chi connectivity index (χ0v) is 12.7. The van der Waals surface area contributed by atoms with Crippen molar-refractivity contribution in [2.45, 2.75) is 38.1 Å². The molecule has 1 aliphatic rings. The van der Waals surface area contributed by atoms with Gasteiger partial charge in [-0.3, -0.25) is 4.79 Å². The number of hydrogen-bond acceptors (Lipinski definition) is 4. The molecule has 1 aliphatic carbocycles. The summed E-state index contributed by atoms with van der Waals surface area (Å²) in [6.07, 6.45) is 3.75. The van der Waals surface area contributed by atoms with Crippen molar-refractivity contribution in [3.8, 4) is 5.75 Å². The largest absolute Gasteiger partial charge is 0.497 e. The van der Waals surface area contributed by atoms with Crippen LogP contribution in [0.25, 0.3) is 0 Å². The van der Waals surface area contributed by atoms with Gasteiger partial charge in [-0.05, 0) is 30.9 Å². The molecule has 5 heteroatoms. The number of nitrogen functional groups attached to an aromatic ring is 1. The minimum absolute atomic E-state index is 0.0425. The lowest BCUT2D eigenvalue weighted by Gasteiger charge is -2.39. The normalized spacial score (nSPS) is 25.4. The summed E-state index contributed by atoms with van der Waals surface area (Å²) in [5, 5.41) is 12.7. The Morgan fingerprint density at radius 1 is 1.57 bits per heavy atom. The lowest BCUT2D eigenvalue weighted by Crippen LogP contribution is -2.53. The van der Waals surface area contributed by atoms with Crippen LogP contribution in [0.15, 0.2) is 18.2 Å². The number of anilines is 1. The van der Waals surface area contributed by atoms with Gasteiger partial charge in [0.1, 0.15) is 5.75 Å². The predicted octanol–water partition coefficient (Wildman–Crippen LogP) is 1.95. The molecule has 0 aromatic heterocycles. The molecule has 1 amide bonds. The third-order valence-electron chi connectivity index (χ3n) is 4.28. The fourth-order valence-corrected chi connectivity index (χ4v) is 3.14. The second kappa shape index (κ2) is 6.35. The molecule has 2 atom stereocenters. The molecule has 0 radical (unpaired) electrons. The summed E-state index contributed by atoms with van der Waals surface area (Å²) in [7, 11) is 1.55. The Morgan fingerprint density at radius 3 is 2.90 bits per heavy atom. The standard InChI is InChI=1S/C16H24N2O3/c1-11-4-3-7-16(9-11,10-19)18-15(20)13-6-5-12(21-2)8-14(13)17/h5-6,8,11,19H,3-4,7,9-10,17H2,1-2H3,(H,18,20). The van der Waals surface area contributed by atoms with Crippen LogP contribution in [0.2, 0.25) is 0 Å². The molecule has 0 spiro atoms. The van der Waals surface area contributed by atoms with Crippen molar-refractivity contribution in [1.29, 1.82) is 0 Å². The Kier molecular flexibility index (Phi) is 4.73. The van der Waals surface area contributed by atoms with Gasteiger partial charge in [-0.25, -0.2) is 0 Å². The molecule has 1 saturated carbocycles. The lowest BCUT2D eigenvalue weighted by molar-refractivity contribution is 0.0698. The average molecular weight is 292 g/mol. The summed E-state index contributed by atoms with van der Waals surface area (Å²) in [5.41, 5.74) is 6.18. The molecule has 1 aromatic rings. The summed E-state index contributed by atoms with van der Waals surface area (Å²) >= 11 is 0. The van der Waals surface area contributed by atoms with Gasteiger partial charge in [0, 0.05) is 11.8 Å². The van der Waals surface area contributed by atoms with Crippen LogP contribution in [-0.4, -0.2) is 30.3 Å². The van der Waals surface area contributed by atoms with Gasteiger partial charge in [-0.2, -0.15) is 0 Å². The van der Waals surface area contributed by atoms with Gasteiger partial charge >= 0.3 is 0 Å². The molecule has 0 aliphatic heterocycles. The third-order valence-corrected chi connectivity index (χ3v) is 4.28. The second-order valence-electron chi connectivity index (χ2n) is 6.05. The highest BCUT2D eigenvalue weighted by Crippen LogP contribution is 2.32. The molecule has 2 rings (SSSR count). The van der Waals surface area contributed by atoms with E-state index in [1.54, 1.807) is 25.3 Å². The Hall–Kier alpha value is -1.75. The van der Waals surface area contributed by atoms with E-state index in [-0.39, 0.29) is 12.5 Å². The van der Waals surface area contributed by atoms with Crippen LogP contribution in [-0.2, 0) is 0 Å². The first-order valence-electron chi connectivity index (χ1n) is 7.36. The Bertz CT molecular complexity index is 518. The maximum absolute atomic E-state index is 12.5. The monoisotopic (exact) mass is 292 g/mol. The molecule has 116 valence electrons. The summed E-state index contributed by atoms with van der Waals surface area (Å²) < 4.78 is 5.08. The van der Waals surface area contributed by atoms with Gasteiger partial charge in [-0.15, -0.1) is 0 Å². The van der Waals surface area contributed by atoms with Gasteiger partial charge in [0.05, 0.1) is 24.8 Å². The second-order valence-corrected chi connectivity index (χ2v) is 6.05. The maximum atomic E-state index is 12.5. The van der Waals surface area contributed by atoms with Gasteiger partial charge in [-0.1, -0.05) is 19.8 Å². The highest BCUT2D eigenvalue weighted by Gasteiger charge is 2.36. The van der Waals surface area contributed by atoms with Crippen LogP contribution < -0.4 is 15.8 Å². The first-order valence-corrected chi connectivity index (χ1v) is 7.36. The van der Waals surface area contributed by atoms with Crippen LogP contribution in [0, 0.1) is 5.92 Å². The van der Waals surface area contributed by atoms with Gasteiger partial charge in [0.15, 0.2) is 0 Å². The lowest BCUT2D eigenvalue weighted by atomic mass is 9.76. The van der Waals surface area contributed by atoms with Crippen molar-refractivity contribution in [1.82, 2.24) is 5.32 Å². The number of rotatable bonds is 4. The predicted molar refractivity (Wildman–Crippen MR) is 82.3 cm³/mol. The smallest absolute Gasteiger partial charge is 0.253 e. The van der Waals surface area contributed by atoms with Crippen LogP contribution >= 0.6 is 0 Å². The Balaban J connectivity index is 2.16. The van der Waals surface area contributed by atoms with Crippen molar-refractivity contribution < 1.29 is 14.6 Å². The van der Waals surface area contributed by atoms with E-state index in [2.05, 4.69) is 12.2 Å². The number of hydrogen-bond donors (Lipinski definition) is 3. The zero-order chi connectivity index (χ0) is 15.5. The van der Waals surface area contributed by atoms with E-state index in [0.717, 1.165) is 25.7 Å². The third kappa shape index (κ3) is 3.47. The minimum Gasteiger partial charge on any atom is -0.497 e. The van der Waals surface area contributed by atoms with E-state index < -0.39 is 5.54 Å². The number of ether oxygens (including phenoxy) is 1. The van der Waals surface area contributed by atoms with Crippen LogP contribution in [0.5, 0.6) is 5.75 Å². The molecule has 0 saturated heterocycles. The van der Waals surface area contributed by atoms with E-state index in [1.165, 1.54) is 0 Å². The van der Waals surface area contributed by atoms with Gasteiger partial charge in [0.2, 0.25) is 0 Å². The van der Waals surface area contributed by atoms with E-state index in [1.807, 2.05) is 0 Å². The van der Waals surface area contributed by atoms with E-state index >= 15 is 0 Å². The first kappa shape index (κ1) is 15.6. The number of carbonyl (C=O) groups excluding carboxylic acids is 1. The zero-order valence-electron chi connectivity index (χ0n) is 12.7. The molecule has 1 aromatic carbocycles. The van der Waals surface area contributed by atoms with Crippen molar-refractivity contribution in [2.24, 2.45) is 5.92 Å². The SMILES string of the molecule is COc1ccc(C(=O)NC2(CO)CCCC(C)C2)c(N)c1. The van der Waals surface area contributed by atoms with Gasteiger partial charge in [0.25, 0.3) is 5.91 Å². The molecule has 21 heavy (non-hydrogen) atoms. The molecular weight excluding hydrogens is 268 g/mol. The summed E-state index contributed by atoms with van der Waals surface area (Å²) in [6.45, 7) is 2.11. The molecule has 0 heterocycles. The number of benzene rings is 1. The van der Waals surface area contributed by atoms with E-state index in [9.17, 15) is 9.90 Å². The average Bonchev–Trinajstić information content (AvgIpc) is 2.46. The summed E-state index contributed by atoms with van der Waals surface area (Å²) in [5.74, 6) is 0.880. The number of carbonyl (C=O) groups is 1. The van der Waals surface area contributed by atoms with Crippen LogP contribution in [0.3, 0.4) is 0 Å². The molecule has 1 fully saturated rings. The number of aliphatic hydroxyl groups is 1. The fraction of sp³-hybridized carbons (Fsp3) is 0.562. The van der Waals surface area contributed by atoms with Crippen molar-refractivity contribution in [2.75, 3.05) is 19.5 Å². The Labute approximate surface area is 125 Å². The minimum atomic E-state index is -0.527. The number of aliphatic hydroxyl groups excluding tert-OH is 1. The van der Waals surface area contributed by atoms with Crippen LogP contribution in [0.1, 0.15) is 43.0 Å². The molecule has 5 nitrogen and oxygen atoms in total. The van der Waals surface area contributed by atoms with E-state index in [0.29, 0.717) is 22.9 Å². The highest BCUT2D eigenvalue weighted by molar-refractivity contribution is 5.99. The number of nitrogens with one attached hydrogen (secondary N) is 1. The highest BCUT2D eigenvalue weighted by atomic mass is 16.5. The summed E-state index contributed by atoms with van der Waals surface area (Å²) in [6, 6.07) is 4.99. The van der Waals surface area contributed by atoms with Crippen LogP contribution in [0.4, 0.5) is 5.69 Å². The molecule has 0 bridgehead atoms. The topological polar surface area (TPSA) is 84.6 Å². The number of nitrogens with two attached hydrogens (primary N) is 1. The molecular formula is C16H24N2O3.